The molecule has 0 aromatic heterocycles. The monoisotopic (exact) mass is 462 g/mol. The number of nitrogens with zero attached hydrogens (tertiary/aromatic N) is 3. The first-order valence-electron chi connectivity index (χ1n) is 11.4. The van der Waals surface area contributed by atoms with Crippen LogP contribution in [0.15, 0.2) is 53.5 Å². The van der Waals surface area contributed by atoms with E-state index in [4.69, 9.17) is 0 Å². The average Bonchev–Trinajstić information content (AvgIpc) is 3.43. The maximum Gasteiger partial charge on any atom is 0.262 e. The van der Waals surface area contributed by atoms with E-state index in [9.17, 15) is 14.4 Å². The number of thioether (sulfide) groups is 1. The molecule has 3 aliphatic rings. The Hall–Kier alpha value is -3.13. The SMILES string of the molecule is O=C(CC1SC(N2CCCCC2)=NC1=O)Nc1cccc(C(=O)N2CCc3ccccc32)c1. The molecule has 0 radical (unpaired) electrons. The predicted octanol–water partition coefficient (Wildman–Crippen LogP) is 3.70. The van der Waals surface area contributed by atoms with Gasteiger partial charge in [-0.15, -0.1) is 0 Å². The van der Waals surface area contributed by atoms with Crippen LogP contribution in [-0.4, -0.2) is 52.7 Å². The Bertz CT molecular complexity index is 1130. The molecule has 1 N–H and O–H groups in total. The van der Waals surface area contributed by atoms with Crippen molar-refractivity contribution >= 4 is 46.0 Å². The van der Waals surface area contributed by atoms with E-state index >= 15 is 0 Å². The van der Waals surface area contributed by atoms with Crippen LogP contribution in [0.3, 0.4) is 0 Å². The molecule has 3 aliphatic heterocycles. The van der Waals surface area contributed by atoms with Gasteiger partial charge in [0.05, 0.1) is 0 Å². The second-order valence-corrected chi connectivity index (χ2v) is 9.73. The maximum absolute atomic E-state index is 13.1. The van der Waals surface area contributed by atoms with Gasteiger partial charge in [-0.05, 0) is 55.5 Å². The zero-order valence-corrected chi connectivity index (χ0v) is 19.1. The molecule has 33 heavy (non-hydrogen) atoms. The van der Waals surface area contributed by atoms with Gasteiger partial charge in [0.25, 0.3) is 11.8 Å². The lowest BCUT2D eigenvalue weighted by Crippen LogP contribution is -2.33. The highest BCUT2D eigenvalue weighted by atomic mass is 32.2. The number of nitrogens with one attached hydrogen (secondary N) is 1. The van der Waals surface area contributed by atoms with E-state index in [0.717, 1.165) is 43.2 Å². The van der Waals surface area contributed by atoms with E-state index < -0.39 is 5.25 Å². The molecular weight excluding hydrogens is 436 g/mol. The number of carbonyl (C=O) groups is 3. The highest BCUT2D eigenvalue weighted by Gasteiger charge is 2.33. The molecule has 0 spiro atoms. The van der Waals surface area contributed by atoms with Crippen LogP contribution in [-0.2, 0) is 16.0 Å². The molecule has 0 bridgehead atoms. The Morgan fingerprint density at radius 1 is 1.03 bits per heavy atom. The van der Waals surface area contributed by atoms with Gasteiger partial charge in [-0.25, -0.2) is 0 Å². The quantitative estimate of drug-likeness (QED) is 0.749. The first-order valence-corrected chi connectivity index (χ1v) is 12.3. The van der Waals surface area contributed by atoms with Crippen LogP contribution in [0.25, 0.3) is 0 Å². The van der Waals surface area contributed by atoms with Crippen molar-refractivity contribution in [2.24, 2.45) is 4.99 Å². The van der Waals surface area contributed by atoms with Gasteiger partial charge in [-0.1, -0.05) is 36.0 Å². The molecule has 7 nitrogen and oxygen atoms in total. The minimum absolute atomic E-state index is 0.0576. The van der Waals surface area contributed by atoms with Gasteiger partial charge in [-0.2, -0.15) is 4.99 Å². The van der Waals surface area contributed by atoms with Gasteiger partial charge in [-0.3, -0.25) is 14.4 Å². The lowest BCUT2D eigenvalue weighted by molar-refractivity contribution is -0.121. The molecule has 1 atom stereocenters. The minimum atomic E-state index is -0.493. The number of aliphatic imine (C=N–C) groups is 1. The Morgan fingerprint density at radius 3 is 2.70 bits per heavy atom. The normalized spacial score (nSPS) is 19.9. The fraction of sp³-hybridized carbons (Fsp3) is 0.360. The zero-order valence-electron chi connectivity index (χ0n) is 18.3. The van der Waals surface area contributed by atoms with E-state index in [1.54, 1.807) is 29.2 Å². The van der Waals surface area contributed by atoms with Crippen molar-refractivity contribution in [3.05, 3.63) is 59.7 Å². The van der Waals surface area contributed by atoms with Crippen LogP contribution >= 0.6 is 11.8 Å². The summed E-state index contributed by atoms with van der Waals surface area (Å²) in [5.74, 6) is -0.587. The van der Waals surface area contributed by atoms with E-state index in [-0.39, 0.29) is 24.1 Å². The lowest BCUT2D eigenvalue weighted by Gasteiger charge is -2.27. The Kier molecular flexibility index (Phi) is 6.17. The van der Waals surface area contributed by atoms with Gasteiger partial charge in [0.2, 0.25) is 5.91 Å². The lowest BCUT2D eigenvalue weighted by atomic mass is 10.1. The Labute approximate surface area is 197 Å². The number of hydrogen-bond donors (Lipinski definition) is 1. The summed E-state index contributed by atoms with van der Waals surface area (Å²) < 4.78 is 0. The smallest absolute Gasteiger partial charge is 0.262 e. The molecular formula is C25H26N4O3S. The summed E-state index contributed by atoms with van der Waals surface area (Å²) >= 11 is 1.39. The first-order chi connectivity index (χ1) is 16.1. The molecule has 3 amide bonds. The summed E-state index contributed by atoms with van der Waals surface area (Å²) in [7, 11) is 0. The van der Waals surface area contributed by atoms with Crippen molar-refractivity contribution in [1.29, 1.82) is 0 Å². The maximum atomic E-state index is 13.1. The van der Waals surface area contributed by atoms with E-state index in [1.165, 1.54) is 23.7 Å². The highest BCUT2D eigenvalue weighted by molar-refractivity contribution is 8.15. The second-order valence-electron chi connectivity index (χ2n) is 8.56. The first kappa shape index (κ1) is 21.7. The molecule has 1 unspecified atom stereocenters. The molecule has 2 aromatic rings. The molecule has 2 aromatic carbocycles. The van der Waals surface area contributed by atoms with Gasteiger partial charge in [0, 0.05) is 43.0 Å². The average molecular weight is 463 g/mol. The Balaban J connectivity index is 1.20. The number of amides is 3. The summed E-state index contributed by atoms with van der Waals surface area (Å²) in [5.41, 5.74) is 3.18. The van der Waals surface area contributed by atoms with Crippen molar-refractivity contribution < 1.29 is 14.4 Å². The van der Waals surface area contributed by atoms with Crippen LogP contribution in [0.4, 0.5) is 11.4 Å². The highest BCUT2D eigenvalue weighted by Crippen LogP contribution is 2.30. The zero-order chi connectivity index (χ0) is 22.8. The third-order valence-corrected chi connectivity index (χ3v) is 7.47. The summed E-state index contributed by atoms with van der Waals surface area (Å²) in [6, 6.07) is 14.9. The number of carbonyl (C=O) groups excluding carboxylic acids is 3. The number of benzene rings is 2. The number of piperidine rings is 1. The topological polar surface area (TPSA) is 82.1 Å². The third-order valence-electron chi connectivity index (χ3n) is 6.25. The number of para-hydroxylation sites is 1. The molecule has 5 rings (SSSR count). The number of rotatable bonds is 4. The standard InChI is InChI=1S/C25H26N4O3S/c30-22(16-21-23(31)27-25(33-21)28-12-4-1-5-13-28)26-19-9-6-8-18(15-19)24(32)29-14-11-17-7-2-3-10-20(17)29/h2-3,6-10,15,21H,1,4-5,11-14,16H2,(H,26,30). The minimum Gasteiger partial charge on any atom is -0.351 e. The fourth-order valence-corrected chi connectivity index (χ4v) is 5.66. The molecule has 8 heteroatoms. The number of fused-ring (bicyclic) bond motifs is 1. The van der Waals surface area contributed by atoms with Crippen molar-refractivity contribution in [2.45, 2.75) is 37.4 Å². The molecule has 170 valence electrons. The number of likely N-dealkylation sites (tertiary alicyclic amines) is 1. The Morgan fingerprint density at radius 2 is 1.85 bits per heavy atom. The van der Waals surface area contributed by atoms with Crippen LogP contribution in [0.5, 0.6) is 0 Å². The molecule has 3 heterocycles. The third kappa shape index (κ3) is 4.66. The number of amidine groups is 1. The number of anilines is 2. The van der Waals surface area contributed by atoms with Crippen LogP contribution < -0.4 is 10.2 Å². The van der Waals surface area contributed by atoms with Crippen LogP contribution in [0.2, 0.25) is 0 Å². The summed E-state index contributed by atoms with van der Waals surface area (Å²) in [6.45, 7) is 2.48. The number of hydrogen-bond acceptors (Lipinski definition) is 5. The van der Waals surface area contributed by atoms with E-state index in [1.807, 2.05) is 24.3 Å². The molecule has 0 aliphatic carbocycles. The van der Waals surface area contributed by atoms with Gasteiger partial charge < -0.3 is 15.1 Å². The molecule has 1 saturated heterocycles. The largest absolute Gasteiger partial charge is 0.351 e. The van der Waals surface area contributed by atoms with Crippen LogP contribution in [0, 0.1) is 0 Å². The second kappa shape index (κ2) is 9.39. The summed E-state index contributed by atoms with van der Waals surface area (Å²) in [4.78, 5) is 46.2. The van der Waals surface area contributed by atoms with Crippen LogP contribution in [0.1, 0.15) is 41.6 Å². The summed E-state index contributed by atoms with van der Waals surface area (Å²) in [6.07, 6.45) is 4.32. The fourth-order valence-electron chi connectivity index (χ4n) is 4.55. The van der Waals surface area contributed by atoms with Crippen molar-refractivity contribution in [2.75, 3.05) is 29.9 Å². The molecule has 1 fully saturated rings. The summed E-state index contributed by atoms with van der Waals surface area (Å²) in [5, 5.41) is 3.10. The van der Waals surface area contributed by atoms with Crippen molar-refractivity contribution in [3.8, 4) is 0 Å². The van der Waals surface area contributed by atoms with E-state index in [0.29, 0.717) is 17.8 Å². The predicted molar refractivity (Wildman–Crippen MR) is 131 cm³/mol. The molecule has 0 saturated carbocycles. The van der Waals surface area contributed by atoms with E-state index in [2.05, 4.69) is 15.2 Å². The van der Waals surface area contributed by atoms with Gasteiger partial charge in [0.1, 0.15) is 5.25 Å². The van der Waals surface area contributed by atoms with Crippen molar-refractivity contribution in [3.63, 3.8) is 0 Å². The van der Waals surface area contributed by atoms with Gasteiger partial charge in [0.15, 0.2) is 5.17 Å². The van der Waals surface area contributed by atoms with Crippen molar-refractivity contribution in [1.82, 2.24) is 4.90 Å². The van der Waals surface area contributed by atoms with Gasteiger partial charge >= 0.3 is 0 Å².